The summed E-state index contributed by atoms with van der Waals surface area (Å²) in [7, 11) is 1.50. The Labute approximate surface area is 113 Å². The number of methoxy groups -OCH3 is 1. The van der Waals surface area contributed by atoms with Crippen molar-refractivity contribution in [3.63, 3.8) is 0 Å². The van der Waals surface area contributed by atoms with Crippen LogP contribution in [-0.4, -0.2) is 49.1 Å². The highest BCUT2D eigenvalue weighted by Gasteiger charge is 2.33. The van der Waals surface area contributed by atoms with E-state index in [1.165, 1.54) is 7.11 Å². The van der Waals surface area contributed by atoms with Gasteiger partial charge in [-0.3, -0.25) is 9.59 Å². The van der Waals surface area contributed by atoms with Crippen molar-refractivity contribution < 1.29 is 14.3 Å². The van der Waals surface area contributed by atoms with E-state index in [-0.39, 0.29) is 42.8 Å². The highest BCUT2D eigenvalue weighted by atomic mass is 35.5. The van der Waals surface area contributed by atoms with Gasteiger partial charge in [-0.1, -0.05) is 0 Å². The van der Waals surface area contributed by atoms with E-state index >= 15 is 0 Å². The molecule has 1 saturated heterocycles. The summed E-state index contributed by atoms with van der Waals surface area (Å²) < 4.78 is 4.86. The maximum atomic E-state index is 12.0. The Morgan fingerprint density at radius 3 is 2.56 bits per heavy atom. The van der Waals surface area contributed by atoms with E-state index in [9.17, 15) is 9.59 Å². The number of nitrogens with two attached hydrogens (primary N) is 2. The fraction of sp³-hybridized carbons (Fsp3) is 0.818. The zero-order valence-electron chi connectivity index (χ0n) is 10.8. The Kier molecular flexibility index (Phi) is 7.20. The molecular weight excluding hydrogens is 258 g/mol. The van der Waals surface area contributed by atoms with Crippen LogP contribution in [0.3, 0.4) is 0 Å². The van der Waals surface area contributed by atoms with Gasteiger partial charge in [-0.15, -0.1) is 12.4 Å². The van der Waals surface area contributed by atoms with Gasteiger partial charge >= 0.3 is 0 Å². The van der Waals surface area contributed by atoms with E-state index < -0.39 is 6.04 Å². The largest absolute Gasteiger partial charge is 0.383 e. The quantitative estimate of drug-likeness (QED) is 0.724. The lowest BCUT2D eigenvalue weighted by molar-refractivity contribution is -0.139. The number of carbonyl (C=O) groups is 2. The summed E-state index contributed by atoms with van der Waals surface area (Å²) in [5, 5.41) is 0. The molecule has 0 aromatic carbocycles. The lowest BCUT2D eigenvalue weighted by Crippen LogP contribution is -2.54. The van der Waals surface area contributed by atoms with Crippen LogP contribution in [0.15, 0.2) is 0 Å². The van der Waals surface area contributed by atoms with E-state index in [2.05, 4.69) is 0 Å². The van der Waals surface area contributed by atoms with Crippen LogP contribution in [0.5, 0.6) is 0 Å². The zero-order valence-corrected chi connectivity index (χ0v) is 11.6. The number of nitrogens with zero attached hydrogens (tertiary/aromatic N) is 1. The first-order valence-corrected chi connectivity index (χ1v) is 5.81. The summed E-state index contributed by atoms with van der Waals surface area (Å²) in [5.41, 5.74) is 11.0. The fourth-order valence-electron chi connectivity index (χ4n) is 2.11. The maximum absolute atomic E-state index is 12.0. The summed E-state index contributed by atoms with van der Waals surface area (Å²) >= 11 is 0. The molecule has 1 fully saturated rings. The molecule has 2 amide bonds. The van der Waals surface area contributed by atoms with Gasteiger partial charge in [0.15, 0.2) is 0 Å². The van der Waals surface area contributed by atoms with Crippen LogP contribution < -0.4 is 11.5 Å². The first kappa shape index (κ1) is 17.2. The molecule has 0 bridgehead atoms. The molecule has 0 aromatic heterocycles. The van der Waals surface area contributed by atoms with Gasteiger partial charge in [0, 0.05) is 19.7 Å². The van der Waals surface area contributed by atoms with Crippen molar-refractivity contribution in [2.75, 3.05) is 20.3 Å². The highest BCUT2D eigenvalue weighted by molar-refractivity contribution is 5.85. The summed E-state index contributed by atoms with van der Waals surface area (Å²) in [4.78, 5) is 24.8. The van der Waals surface area contributed by atoms with Gasteiger partial charge < -0.3 is 21.1 Å². The average molecular weight is 280 g/mol. The predicted octanol–water partition coefficient (Wildman–Crippen LogP) is -0.506. The fourth-order valence-corrected chi connectivity index (χ4v) is 2.11. The number of piperidine rings is 1. The normalized spacial score (nSPS) is 25.2. The van der Waals surface area contributed by atoms with Crippen LogP contribution in [0.1, 0.15) is 19.8 Å². The summed E-state index contributed by atoms with van der Waals surface area (Å²) in [6, 6.07) is -0.574. The summed E-state index contributed by atoms with van der Waals surface area (Å²) in [5.74, 6) is -0.787. The Hall–Kier alpha value is -0.850. The van der Waals surface area contributed by atoms with Crippen LogP contribution >= 0.6 is 12.4 Å². The molecule has 1 rings (SSSR count). The molecule has 0 radical (unpaired) electrons. The van der Waals surface area contributed by atoms with Crippen LogP contribution in [-0.2, 0) is 14.3 Å². The number of hydrogen-bond acceptors (Lipinski definition) is 4. The van der Waals surface area contributed by atoms with Gasteiger partial charge in [0.2, 0.25) is 11.8 Å². The van der Waals surface area contributed by atoms with Gasteiger partial charge in [-0.25, -0.2) is 0 Å². The lowest BCUT2D eigenvalue weighted by Gasteiger charge is -2.38. The number of likely N-dealkylation sites (tertiary alicyclic amines) is 1. The minimum Gasteiger partial charge on any atom is -0.383 e. The second-order valence-electron chi connectivity index (χ2n) is 4.58. The summed E-state index contributed by atoms with van der Waals surface area (Å²) in [6.07, 6.45) is 1.51. The van der Waals surface area contributed by atoms with Crippen molar-refractivity contribution in [1.29, 1.82) is 0 Å². The first-order chi connectivity index (χ1) is 7.97. The number of primary amides is 1. The molecule has 18 heavy (non-hydrogen) atoms. The number of amides is 2. The number of hydrogen-bond donors (Lipinski definition) is 2. The smallest absolute Gasteiger partial charge is 0.242 e. The third-order valence-electron chi connectivity index (χ3n) is 3.23. The molecule has 4 N–H and O–H groups in total. The van der Waals surface area contributed by atoms with Gasteiger partial charge in [0.1, 0.15) is 6.04 Å². The van der Waals surface area contributed by atoms with Gasteiger partial charge in [-0.2, -0.15) is 0 Å². The highest BCUT2D eigenvalue weighted by Crippen LogP contribution is 2.22. The molecule has 7 heteroatoms. The van der Waals surface area contributed by atoms with Crippen molar-refractivity contribution in [2.45, 2.75) is 31.8 Å². The van der Waals surface area contributed by atoms with Crippen molar-refractivity contribution in [2.24, 2.45) is 17.4 Å². The Balaban J connectivity index is 0.00000289. The molecule has 1 heterocycles. The van der Waals surface area contributed by atoms with Crippen LogP contribution in [0.2, 0.25) is 0 Å². The molecule has 106 valence electrons. The molecule has 0 aromatic rings. The average Bonchev–Trinajstić information content (AvgIpc) is 2.28. The zero-order chi connectivity index (χ0) is 13.0. The van der Waals surface area contributed by atoms with Crippen LogP contribution in [0, 0.1) is 5.92 Å². The van der Waals surface area contributed by atoms with Crippen LogP contribution in [0.25, 0.3) is 0 Å². The van der Waals surface area contributed by atoms with E-state index in [1.807, 2.05) is 6.92 Å². The molecule has 0 saturated carbocycles. The van der Waals surface area contributed by atoms with Gasteiger partial charge in [0.05, 0.1) is 12.5 Å². The minimum atomic E-state index is -0.672. The van der Waals surface area contributed by atoms with Crippen molar-refractivity contribution in [1.82, 2.24) is 4.90 Å². The molecule has 3 unspecified atom stereocenters. The Bertz CT molecular complexity index is 301. The number of rotatable bonds is 4. The van der Waals surface area contributed by atoms with Crippen molar-refractivity contribution in [3.05, 3.63) is 0 Å². The van der Waals surface area contributed by atoms with E-state index in [0.717, 1.165) is 12.8 Å². The monoisotopic (exact) mass is 279 g/mol. The maximum Gasteiger partial charge on any atom is 0.242 e. The topological polar surface area (TPSA) is 98.7 Å². The lowest BCUT2D eigenvalue weighted by atomic mass is 9.92. The van der Waals surface area contributed by atoms with Crippen LogP contribution in [0.4, 0.5) is 0 Å². The predicted molar refractivity (Wildman–Crippen MR) is 70.2 cm³/mol. The third-order valence-corrected chi connectivity index (χ3v) is 3.23. The van der Waals surface area contributed by atoms with Crippen molar-refractivity contribution in [3.8, 4) is 0 Å². The van der Waals surface area contributed by atoms with Gasteiger partial charge in [0.25, 0.3) is 0 Å². The second-order valence-corrected chi connectivity index (χ2v) is 4.58. The van der Waals surface area contributed by atoms with E-state index in [0.29, 0.717) is 6.54 Å². The molecule has 3 atom stereocenters. The molecule has 1 aliphatic heterocycles. The van der Waals surface area contributed by atoms with E-state index in [1.54, 1.807) is 4.90 Å². The standard InChI is InChI=1S/C11H21N3O3.ClH/c1-7-3-4-8(10(13)15)5-14(7)11(16)9(12)6-17-2;/h7-9H,3-6,12H2,1-2H3,(H2,13,15);1H. The molecular formula is C11H22ClN3O3. The number of halogens is 1. The first-order valence-electron chi connectivity index (χ1n) is 5.81. The van der Waals surface area contributed by atoms with Crippen molar-refractivity contribution >= 4 is 24.2 Å². The molecule has 1 aliphatic rings. The molecule has 6 nitrogen and oxygen atoms in total. The summed E-state index contributed by atoms with van der Waals surface area (Å²) in [6.45, 7) is 2.50. The molecule has 0 aliphatic carbocycles. The van der Waals surface area contributed by atoms with Gasteiger partial charge in [-0.05, 0) is 19.8 Å². The number of carbonyl (C=O) groups excluding carboxylic acids is 2. The van der Waals surface area contributed by atoms with E-state index in [4.69, 9.17) is 16.2 Å². The third kappa shape index (κ3) is 4.12. The Morgan fingerprint density at radius 2 is 2.06 bits per heavy atom. The number of ether oxygens (including phenoxy) is 1. The second kappa shape index (κ2) is 7.56. The SMILES string of the molecule is COCC(N)C(=O)N1CC(C(N)=O)CCC1C.Cl. The molecule has 0 spiro atoms. The Morgan fingerprint density at radius 1 is 1.44 bits per heavy atom. The minimum absolute atomic E-state index is 0.